The van der Waals surface area contributed by atoms with E-state index in [4.69, 9.17) is 23.3 Å². The van der Waals surface area contributed by atoms with Gasteiger partial charge < -0.3 is 24.2 Å². The molecular formula is C60H99O11P. The fourth-order valence-electron chi connectivity index (χ4n) is 7.07. The Balaban J connectivity index is 4.87. The molecule has 0 aromatic carbocycles. The molecule has 0 aliphatic rings. The number of phosphoric acid groups is 1. The molecule has 0 saturated heterocycles. The normalized spacial score (nSPS) is 14.2. The van der Waals surface area contributed by atoms with Gasteiger partial charge in [0.15, 0.2) is 6.10 Å². The molecule has 0 aromatic heterocycles. The van der Waals surface area contributed by atoms with Gasteiger partial charge in [-0.05, 0) is 83.5 Å². The molecule has 12 heteroatoms. The molecular weight excluding hydrogens is 928 g/mol. The molecule has 2 N–H and O–H groups in total. The number of carbonyl (C=O) groups excluding carboxylic acids is 3. The first-order valence-corrected chi connectivity index (χ1v) is 29.3. The summed E-state index contributed by atoms with van der Waals surface area (Å²) in [5, 5.41) is 9.78. The van der Waals surface area contributed by atoms with Crippen LogP contribution in [0.15, 0.2) is 109 Å². The number of rotatable bonds is 50. The van der Waals surface area contributed by atoms with E-state index in [1.54, 1.807) is 6.08 Å². The molecule has 0 radical (unpaired) electrons. The van der Waals surface area contributed by atoms with Crippen LogP contribution in [0.1, 0.15) is 213 Å². The van der Waals surface area contributed by atoms with Crippen LogP contribution in [0.4, 0.5) is 0 Å². The zero-order valence-corrected chi connectivity index (χ0v) is 46.0. The van der Waals surface area contributed by atoms with E-state index in [-0.39, 0.29) is 19.3 Å². The minimum atomic E-state index is -4.77. The second-order valence-electron chi connectivity index (χ2n) is 18.0. The van der Waals surface area contributed by atoms with Crippen molar-refractivity contribution in [2.24, 2.45) is 0 Å². The summed E-state index contributed by atoms with van der Waals surface area (Å²) >= 11 is 0. The maximum absolute atomic E-state index is 12.9. The Kier molecular flexibility index (Phi) is 50.6. The molecule has 0 aromatic rings. The summed E-state index contributed by atoms with van der Waals surface area (Å²) in [7, 11) is -4.77. The van der Waals surface area contributed by atoms with Crippen molar-refractivity contribution in [1.82, 2.24) is 0 Å². The molecule has 0 aliphatic carbocycles. The number of aliphatic hydroxyl groups excluding tert-OH is 1. The highest BCUT2D eigenvalue weighted by molar-refractivity contribution is 7.47. The van der Waals surface area contributed by atoms with E-state index in [1.165, 1.54) is 44.9 Å². The summed E-state index contributed by atoms with van der Waals surface area (Å²) in [5.41, 5.74) is 0. The lowest BCUT2D eigenvalue weighted by molar-refractivity contribution is -0.161. The van der Waals surface area contributed by atoms with Crippen LogP contribution in [0.3, 0.4) is 0 Å². The lowest BCUT2D eigenvalue weighted by atomic mass is 10.1. The minimum Gasteiger partial charge on any atom is -0.461 e. The lowest BCUT2D eigenvalue weighted by Crippen LogP contribution is -2.30. The topological polar surface area (TPSA) is 155 Å². The Bertz CT molecular complexity index is 1620. The monoisotopic (exact) mass is 1030 g/mol. The van der Waals surface area contributed by atoms with Gasteiger partial charge in [-0.15, -0.1) is 0 Å². The second-order valence-corrected chi connectivity index (χ2v) is 19.5. The van der Waals surface area contributed by atoms with Crippen LogP contribution in [0.5, 0.6) is 0 Å². The molecule has 0 saturated carbocycles. The number of carbonyl (C=O) groups is 3. The highest BCUT2D eigenvalue weighted by Crippen LogP contribution is 2.43. The Morgan fingerprint density at radius 3 is 1.18 bits per heavy atom. The van der Waals surface area contributed by atoms with Crippen LogP contribution < -0.4 is 0 Å². The quantitative estimate of drug-likeness (QED) is 0.0197. The molecule has 11 nitrogen and oxygen atoms in total. The van der Waals surface area contributed by atoms with Crippen molar-refractivity contribution in [3.05, 3.63) is 109 Å². The molecule has 0 fully saturated rings. The summed E-state index contributed by atoms with van der Waals surface area (Å²) in [6, 6.07) is 0. The van der Waals surface area contributed by atoms with E-state index in [1.807, 2.05) is 12.2 Å². The molecule has 0 bridgehead atoms. The highest BCUT2D eigenvalue weighted by Gasteiger charge is 2.28. The minimum absolute atomic E-state index is 0.0133. The average Bonchev–Trinajstić information content (AvgIpc) is 3.37. The van der Waals surface area contributed by atoms with Crippen molar-refractivity contribution < 1.29 is 52.2 Å². The number of ether oxygens (including phenoxy) is 3. The molecule has 0 heterocycles. The van der Waals surface area contributed by atoms with Gasteiger partial charge in [0.1, 0.15) is 12.7 Å². The van der Waals surface area contributed by atoms with Crippen molar-refractivity contribution >= 4 is 25.7 Å². The Labute approximate surface area is 437 Å². The maximum Gasteiger partial charge on any atom is 0.472 e. The predicted octanol–water partition coefficient (Wildman–Crippen LogP) is 16.2. The van der Waals surface area contributed by atoms with Gasteiger partial charge in [0.05, 0.1) is 26.2 Å². The molecule has 0 aliphatic heterocycles. The van der Waals surface area contributed by atoms with E-state index in [9.17, 15) is 28.9 Å². The van der Waals surface area contributed by atoms with Gasteiger partial charge in [-0.1, -0.05) is 220 Å². The summed E-state index contributed by atoms with van der Waals surface area (Å²) in [5.74, 6) is -1.64. The smallest absolute Gasteiger partial charge is 0.461 e. The Hall–Kier alpha value is -3.86. The lowest BCUT2D eigenvalue weighted by Gasteiger charge is -2.21. The summed E-state index contributed by atoms with van der Waals surface area (Å²) in [6.45, 7) is 4.27. The molecule has 410 valence electrons. The molecule has 0 rings (SSSR count). The largest absolute Gasteiger partial charge is 0.472 e. The summed E-state index contributed by atoms with van der Waals surface area (Å²) in [6.07, 6.45) is 63.7. The highest BCUT2D eigenvalue weighted by atomic mass is 31.2. The first-order valence-electron chi connectivity index (χ1n) is 27.8. The van der Waals surface area contributed by atoms with E-state index in [0.717, 1.165) is 109 Å². The van der Waals surface area contributed by atoms with Crippen LogP contribution in [-0.2, 0) is 42.2 Å². The van der Waals surface area contributed by atoms with E-state index in [0.29, 0.717) is 19.3 Å². The van der Waals surface area contributed by atoms with Crippen molar-refractivity contribution in [1.29, 1.82) is 0 Å². The number of unbranched alkanes of at least 4 members (excludes halogenated alkanes) is 16. The zero-order chi connectivity index (χ0) is 52.7. The second kappa shape index (κ2) is 53.4. The van der Waals surface area contributed by atoms with Crippen LogP contribution >= 0.6 is 7.82 Å². The van der Waals surface area contributed by atoms with Crippen molar-refractivity contribution in [3.63, 3.8) is 0 Å². The predicted molar refractivity (Wildman–Crippen MR) is 297 cm³/mol. The fourth-order valence-corrected chi connectivity index (χ4v) is 7.85. The number of hydrogen-bond acceptors (Lipinski definition) is 10. The van der Waals surface area contributed by atoms with Gasteiger partial charge >= 0.3 is 25.7 Å². The van der Waals surface area contributed by atoms with E-state index < -0.39 is 64.4 Å². The van der Waals surface area contributed by atoms with Gasteiger partial charge in [-0.25, -0.2) is 4.57 Å². The van der Waals surface area contributed by atoms with Crippen LogP contribution in [0.25, 0.3) is 0 Å². The van der Waals surface area contributed by atoms with Gasteiger partial charge in [0, 0.05) is 12.8 Å². The van der Waals surface area contributed by atoms with Crippen LogP contribution in [-0.4, -0.2) is 66.5 Å². The van der Waals surface area contributed by atoms with Crippen LogP contribution in [0.2, 0.25) is 0 Å². The number of allylic oxidation sites excluding steroid dienone is 17. The van der Waals surface area contributed by atoms with Gasteiger partial charge in [0.25, 0.3) is 0 Å². The molecule has 0 spiro atoms. The average molecular weight is 1030 g/mol. The molecule has 3 unspecified atom stereocenters. The zero-order valence-electron chi connectivity index (χ0n) is 45.1. The van der Waals surface area contributed by atoms with Crippen molar-refractivity contribution in [2.75, 3.05) is 26.4 Å². The van der Waals surface area contributed by atoms with Gasteiger partial charge in [-0.2, -0.15) is 0 Å². The third-order valence-electron chi connectivity index (χ3n) is 11.2. The summed E-state index contributed by atoms with van der Waals surface area (Å²) in [4.78, 5) is 48.4. The van der Waals surface area contributed by atoms with Gasteiger partial charge in [0.2, 0.25) is 0 Å². The van der Waals surface area contributed by atoms with Crippen LogP contribution in [0, 0.1) is 0 Å². The number of hydrogen-bond donors (Lipinski definition) is 2. The molecule has 0 amide bonds. The standard InChI is InChI=1S/C60H99O11P/c1-4-7-10-13-16-19-22-24-26-27-28-29-31-33-36-39-42-45-48-51-60(64)71-57(53-67-58(62)49-46-43-40-37-35-32-30-25-23-20-17-14-11-8-5-2)55-69-72(65,66)68-54-56(52-61)70-59(63)50-47-44-41-38-34-21-18-15-12-9-6-3/h7-8,10-11,16-17,19-20,24-26,28-30,35,37,43,46,56-57,61H,4-6,9,12-15,18,21-23,27,31-34,36,38-42,44-45,47-55H2,1-3H3,(H,65,66)/b10-7-,11-8-,19-16-,20-17-,26-24-,29-28-,30-25-,37-35-,46-43-. The third-order valence-corrected chi connectivity index (χ3v) is 12.2. The van der Waals surface area contributed by atoms with E-state index in [2.05, 4.69) is 112 Å². The Morgan fingerprint density at radius 2 is 0.764 bits per heavy atom. The maximum atomic E-state index is 12.9. The van der Waals surface area contributed by atoms with Gasteiger partial charge in [-0.3, -0.25) is 23.4 Å². The number of esters is 3. The number of aliphatic hydroxyl groups is 1. The summed E-state index contributed by atoms with van der Waals surface area (Å²) < 4.78 is 39.3. The fraction of sp³-hybridized carbons (Fsp3) is 0.650. The third kappa shape index (κ3) is 51.1. The first-order chi connectivity index (χ1) is 35.2. The first kappa shape index (κ1) is 68.1. The molecule has 72 heavy (non-hydrogen) atoms. The van der Waals surface area contributed by atoms with E-state index >= 15 is 0 Å². The molecule has 3 atom stereocenters. The van der Waals surface area contributed by atoms with Crippen molar-refractivity contribution in [3.8, 4) is 0 Å². The Morgan fingerprint density at radius 1 is 0.417 bits per heavy atom. The van der Waals surface area contributed by atoms with Crippen molar-refractivity contribution in [2.45, 2.75) is 226 Å². The SMILES string of the molecule is CC/C=C\C/C=C\C/C=C\C/C=C\C/C=C\CC(=O)OCC(COP(=O)(O)OCC(CO)OC(=O)CCCCCCCCCCCCC)OC(=O)CCCCCCCC/C=C\C/C=C\C/C=C\C/C=C\CC. The number of phosphoric ester groups is 1.